The van der Waals surface area contributed by atoms with Crippen LogP contribution in [-0.2, 0) is 4.79 Å². The SMILES string of the molecule is CC1CCN(CC2CCCN(C(=O)c3cc4ccccc4cc3NC(=O)C3CC3)C2)CC1. The Balaban J connectivity index is 1.34. The van der Waals surface area contributed by atoms with Crippen molar-refractivity contribution < 1.29 is 9.59 Å². The van der Waals surface area contributed by atoms with Crippen molar-refractivity contribution in [3.63, 3.8) is 0 Å². The number of nitrogens with one attached hydrogen (secondary N) is 1. The lowest BCUT2D eigenvalue weighted by molar-refractivity contribution is -0.117. The number of piperidine rings is 2. The summed E-state index contributed by atoms with van der Waals surface area (Å²) >= 11 is 0. The monoisotopic (exact) mass is 433 g/mol. The van der Waals surface area contributed by atoms with Crippen LogP contribution in [-0.4, -0.2) is 54.3 Å². The van der Waals surface area contributed by atoms with Gasteiger partial charge in [-0.1, -0.05) is 31.2 Å². The van der Waals surface area contributed by atoms with Gasteiger partial charge in [-0.3, -0.25) is 9.59 Å². The molecule has 1 atom stereocenters. The molecule has 5 heteroatoms. The van der Waals surface area contributed by atoms with E-state index in [0.717, 1.165) is 55.6 Å². The topological polar surface area (TPSA) is 52.6 Å². The lowest BCUT2D eigenvalue weighted by atomic mass is 9.93. The maximum atomic E-state index is 13.7. The first-order chi connectivity index (χ1) is 15.6. The van der Waals surface area contributed by atoms with Crippen LogP contribution in [0.2, 0.25) is 0 Å². The highest BCUT2D eigenvalue weighted by Crippen LogP contribution is 2.33. The average Bonchev–Trinajstić information content (AvgIpc) is 3.66. The fourth-order valence-electron chi connectivity index (χ4n) is 5.28. The number of rotatable bonds is 5. The molecular weight excluding hydrogens is 398 g/mol. The fraction of sp³-hybridized carbons (Fsp3) is 0.556. The summed E-state index contributed by atoms with van der Waals surface area (Å²) in [6, 6.07) is 12.0. The van der Waals surface area contributed by atoms with Crippen LogP contribution in [0.3, 0.4) is 0 Å². The Labute approximate surface area is 191 Å². The molecule has 1 saturated carbocycles. The van der Waals surface area contributed by atoms with Crippen molar-refractivity contribution in [2.75, 3.05) is 38.0 Å². The van der Waals surface area contributed by atoms with Crippen molar-refractivity contribution in [1.82, 2.24) is 9.80 Å². The Morgan fingerprint density at radius 2 is 1.69 bits per heavy atom. The third kappa shape index (κ3) is 4.83. The van der Waals surface area contributed by atoms with Gasteiger partial charge in [0, 0.05) is 25.6 Å². The van der Waals surface area contributed by atoms with Gasteiger partial charge in [-0.15, -0.1) is 0 Å². The zero-order valence-corrected chi connectivity index (χ0v) is 19.2. The molecule has 0 radical (unpaired) electrons. The highest BCUT2D eigenvalue weighted by Gasteiger charge is 2.32. The van der Waals surface area contributed by atoms with Gasteiger partial charge in [0.05, 0.1) is 11.3 Å². The van der Waals surface area contributed by atoms with Crippen LogP contribution in [0.1, 0.15) is 55.8 Å². The van der Waals surface area contributed by atoms with Crippen molar-refractivity contribution in [3.05, 3.63) is 42.0 Å². The van der Waals surface area contributed by atoms with Crippen molar-refractivity contribution in [2.45, 2.75) is 45.4 Å². The number of nitrogens with zero attached hydrogens (tertiary/aromatic N) is 2. The van der Waals surface area contributed by atoms with E-state index in [2.05, 4.69) is 17.1 Å². The molecule has 1 unspecified atom stereocenters. The van der Waals surface area contributed by atoms with Gasteiger partial charge in [-0.2, -0.15) is 0 Å². The maximum absolute atomic E-state index is 13.7. The Kier molecular flexibility index (Phi) is 6.18. The summed E-state index contributed by atoms with van der Waals surface area (Å²) < 4.78 is 0. The number of benzene rings is 2. The number of fused-ring (bicyclic) bond motifs is 1. The first-order valence-corrected chi connectivity index (χ1v) is 12.4. The molecule has 5 nitrogen and oxygen atoms in total. The van der Waals surface area contributed by atoms with E-state index in [0.29, 0.717) is 17.2 Å². The second-order valence-corrected chi connectivity index (χ2v) is 10.3. The Morgan fingerprint density at radius 1 is 0.969 bits per heavy atom. The minimum absolute atomic E-state index is 0.0465. The second-order valence-electron chi connectivity index (χ2n) is 10.3. The third-order valence-corrected chi connectivity index (χ3v) is 7.52. The van der Waals surface area contributed by atoms with E-state index in [9.17, 15) is 9.59 Å². The van der Waals surface area contributed by atoms with Crippen LogP contribution in [0.25, 0.3) is 10.8 Å². The number of hydrogen-bond acceptors (Lipinski definition) is 3. The molecule has 1 aliphatic carbocycles. The van der Waals surface area contributed by atoms with Crippen LogP contribution in [0.15, 0.2) is 36.4 Å². The van der Waals surface area contributed by atoms with E-state index < -0.39 is 0 Å². The summed E-state index contributed by atoms with van der Waals surface area (Å²) in [5, 5.41) is 5.16. The van der Waals surface area contributed by atoms with Gasteiger partial charge in [0.1, 0.15) is 0 Å². The fourth-order valence-corrected chi connectivity index (χ4v) is 5.28. The molecule has 1 N–H and O–H groups in total. The molecule has 2 aromatic carbocycles. The maximum Gasteiger partial charge on any atom is 0.255 e. The molecule has 2 amide bonds. The molecule has 0 spiro atoms. The van der Waals surface area contributed by atoms with Gasteiger partial charge in [0.2, 0.25) is 5.91 Å². The first-order valence-electron chi connectivity index (χ1n) is 12.4. The van der Waals surface area contributed by atoms with E-state index in [1.165, 1.54) is 32.4 Å². The first kappa shape index (κ1) is 21.4. The van der Waals surface area contributed by atoms with Crippen molar-refractivity contribution in [2.24, 2.45) is 17.8 Å². The largest absolute Gasteiger partial charge is 0.338 e. The molecule has 2 aliphatic heterocycles. The Hall–Kier alpha value is -2.40. The minimum Gasteiger partial charge on any atom is -0.338 e. The summed E-state index contributed by atoms with van der Waals surface area (Å²) in [5.74, 6) is 1.58. The number of hydrogen-bond donors (Lipinski definition) is 1. The van der Waals surface area contributed by atoms with Crippen LogP contribution in [0.5, 0.6) is 0 Å². The van der Waals surface area contributed by atoms with E-state index in [4.69, 9.17) is 0 Å². The normalized spacial score (nSPS) is 22.8. The Morgan fingerprint density at radius 3 is 2.41 bits per heavy atom. The summed E-state index contributed by atoms with van der Waals surface area (Å²) in [6.45, 7) is 7.44. The number of anilines is 1. The van der Waals surface area contributed by atoms with Gasteiger partial charge in [-0.25, -0.2) is 0 Å². The Bertz CT molecular complexity index is 992. The van der Waals surface area contributed by atoms with E-state index in [1.54, 1.807) is 0 Å². The van der Waals surface area contributed by atoms with E-state index >= 15 is 0 Å². The van der Waals surface area contributed by atoms with Crippen LogP contribution >= 0.6 is 0 Å². The molecule has 3 aliphatic rings. The number of carbonyl (C=O) groups is 2. The molecular formula is C27H35N3O2. The van der Waals surface area contributed by atoms with Gasteiger partial charge in [0.15, 0.2) is 0 Å². The lowest BCUT2D eigenvalue weighted by Gasteiger charge is -2.38. The van der Waals surface area contributed by atoms with Crippen molar-refractivity contribution in [1.29, 1.82) is 0 Å². The number of amides is 2. The zero-order chi connectivity index (χ0) is 22.1. The number of likely N-dealkylation sites (tertiary alicyclic amines) is 2. The quantitative estimate of drug-likeness (QED) is 0.739. The summed E-state index contributed by atoms with van der Waals surface area (Å²) in [4.78, 5) is 30.8. The van der Waals surface area contributed by atoms with Crippen molar-refractivity contribution in [3.8, 4) is 0 Å². The molecule has 2 aromatic rings. The predicted molar refractivity (Wildman–Crippen MR) is 129 cm³/mol. The molecule has 0 bridgehead atoms. The van der Waals surface area contributed by atoms with Crippen LogP contribution in [0, 0.1) is 17.8 Å². The lowest BCUT2D eigenvalue weighted by Crippen LogP contribution is -2.45. The standard InChI is InChI=1S/C27H35N3O2/c1-19-10-13-29(14-11-19)17-20-5-4-12-30(18-20)27(32)24-15-22-6-2-3-7-23(22)16-25(24)28-26(31)21-8-9-21/h2-3,6-7,15-16,19-21H,4-5,8-14,17-18H2,1H3,(H,28,31). The van der Waals surface area contributed by atoms with E-state index in [-0.39, 0.29) is 17.7 Å². The van der Waals surface area contributed by atoms with Gasteiger partial charge >= 0.3 is 0 Å². The smallest absolute Gasteiger partial charge is 0.255 e. The molecule has 2 saturated heterocycles. The zero-order valence-electron chi connectivity index (χ0n) is 19.2. The predicted octanol–water partition coefficient (Wildman–Crippen LogP) is 4.77. The van der Waals surface area contributed by atoms with Crippen LogP contribution < -0.4 is 5.32 Å². The van der Waals surface area contributed by atoms with Gasteiger partial charge in [0.25, 0.3) is 5.91 Å². The highest BCUT2D eigenvalue weighted by atomic mass is 16.2. The second kappa shape index (κ2) is 9.22. The average molecular weight is 434 g/mol. The molecule has 32 heavy (non-hydrogen) atoms. The van der Waals surface area contributed by atoms with Gasteiger partial charge in [-0.05, 0) is 86.4 Å². The molecule has 2 heterocycles. The summed E-state index contributed by atoms with van der Waals surface area (Å²) in [7, 11) is 0. The van der Waals surface area contributed by atoms with E-state index in [1.807, 2.05) is 41.3 Å². The molecule has 5 rings (SSSR count). The van der Waals surface area contributed by atoms with Crippen molar-refractivity contribution >= 4 is 28.3 Å². The molecule has 170 valence electrons. The minimum atomic E-state index is 0.0465. The highest BCUT2D eigenvalue weighted by molar-refractivity contribution is 6.08. The van der Waals surface area contributed by atoms with Crippen LogP contribution in [0.4, 0.5) is 5.69 Å². The third-order valence-electron chi connectivity index (χ3n) is 7.52. The summed E-state index contributed by atoms with van der Waals surface area (Å²) in [5.41, 5.74) is 1.29. The molecule has 3 fully saturated rings. The van der Waals surface area contributed by atoms with Gasteiger partial charge < -0.3 is 15.1 Å². The summed E-state index contributed by atoms with van der Waals surface area (Å²) in [6.07, 6.45) is 6.72. The number of carbonyl (C=O) groups excluding carboxylic acids is 2. The molecule has 0 aromatic heterocycles.